The van der Waals surface area contributed by atoms with Crippen molar-refractivity contribution in [3.05, 3.63) is 5.01 Å². The molecule has 1 aromatic heterocycles. The van der Waals surface area contributed by atoms with Crippen molar-refractivity contribution >= 4 is 28.3 Å². The van der Waals surface area contributed by atoms with E-state index in [4.69, 9.17) is 0 Å². The maximum absolute atomic E-state index is 11.9. The number of hydrogen-bond donors (Lipinski definition) is 1. The predicted molar refractivity (Wildman–Crippen MR) is 73.0 cm³/mol. The average Bonchev–Trinajstić information content (AvgIpc) is 2.74. The molecule has 1 fully saturated rings. The third kappa shape index (κ3) is 3.99. The molecule has 2 amide bonds. The van der Waals surface area contributed by atoms with Crippen molar-refractivity contribution in [1.29, 1.82) is 0 Å². The Morgan fingerprint density at radius 1 is 1.37 bits per heavy atom. The summed E-state index contributed by atoms with van der Waals surface area (Å²) in [6, 6.07) is 0. The predicted octanol–water partition coefficient (Wildman–Crippen LogP) is 1.44. The molecular weight excluding hydrogens is 264 g/mol. The highest BCUT2D eigenvalue weighted by Gasteiger charge is 2.19. The zero-order valence-corrected chi connectivity index (χ0v) is 11.8. The molecule has 2 rings (SSSR count). The minimum absolute atomic E-state index is 0.0687. The average molecular weight is 282 g/mol. The van der Waals surface area contributed by atoms with Crippen LogP contribution in [-0.4, -0.2) is 40.0 Å². The topological polar surface area (TPSA) is 75.2 Å². The number of carbonyl (C=O) groups excluding carboxylic acids is 2. The van der Waals surface area contributed by atoms with Crippen molar-refractivity contribution in [2.45, 2.75) is 39.0 Å². The number of likely N-dealkylation sites (tertiary alicyclic amines) is 1. The minimum atomic E-state index is -0.200. The molecule has 1 aliphatic rings. The molecule has 1 aliphatic heterocycles. The van der Waals surface area contributed by atoms with Gasteiger partial charge in [0.2, 0.25) is 16.9 Å². The molecule has 0 saturated carbocycles. The van der Waals surface area contributed by atoms with Gasteiger partial charge in [-0.3, -0.25) is 14.9 Å². The van der Waals surface area contributed by atoms with Gasteiger partial charge in [0.1, 0.15) is 5.01 Å². The minimum Gasteiger partial charge on any atom is -0.333 e. The van der Waals surface area contributed by atoms with E-state index in [2.05, 4.69) is 15.5 Å². The molecule has 1 N–H and O–H groups in total. The molecule has 0 bridgehead atoms. The number of amides is 2. The molecule has 2 heterocycles. The van der Waals surface area contributed by atoms with Gasteiger partial charge in [-0.05, 0) is 19.3 Å². The van der Waals surface area contributed by atoms with Crippen molar-refractivity contribution in [2.24, 2.45) is 0 Å². The molecule has 6 nitrogen and oxygen atoms in total. The molecule has 0 aromatic carbocycles. The molecule has 7 heteroatoms. The normalized spacial score (nSPS) is 16.3. The quantitative estimate of drug-likeness (QED) is 0.906. The summed E-state index contributed by atoms with van der Waals surface area (Å²) in [6.07, 6.45) is 4.30. The van der Waals surface area contributed by atoms with Gasteiger partial charge in [0, 0.05) is 13.0 Å². The summed E-state index contributed by atoms with van der Waals surface area (Å²) in [4.78, 5) is 25.3. The Balaban J connectivity index is 1.87. The van der Waals surface area contributed by atoms with Crippen LogP contribution in [0.5, 0.6) is 0 Å². The fourth-order valence-corrected chi connectivity index (χ4v) is 2.68. The highest BCUT2D eigenvalue weighted by molar-refractivity contribution is 7.15. The second-order valence-electron chi connectivity index (χ2n) is 4.53. The standard InChI is InChI=1S/C12H18N4O2S/c1-2-10-14-15-12(19-10)13-9(17)8-16-7-5-3-4-6-11(16)18/h2-8H2,1H3,(H,13,15,17). The monoisotopic (exact) mass is 282 g/mol. The Morgan fingerprint density at radius 2 is 2.21 bits per heavy atom. The Labute approximate surface area is 116 Å². The Hall–Kier alpha value is -1.50. The number of rotatable bonds is 4. The molecule has 0 unspecified atom stereocenters. The van der Waals surface area contributed by atoms with Gasteiger partial charge in [0.05, 0.1) is 6.54 Å². The lowest BCUT2D eigenvalue weighted by Gasteiger charge is -2.19. The number of nitrogens with zero attached hydrogens (tertiary/aromatic N) is 3. The van der Waals surface area contributed by atoms with Gasteiger partial charge < -0.3 is 4.90 Å². The van der Waals surface area contributed by atoms with E-state index < -0.39 is 0 Å². The highest BCUT2D eigenvalue weighted by atomic mass is 32.1. The Morgan fingerprint density at radius 3 is 2.95 bits per heavy atom. The molecular formula is C12H18N4O2S. The molecule has 0 aliphatic carbocycles. The van der Waals surface area contributed by atoms with E-state index in [0.29, 0.717) is 18.1 Å². The number of aryl methyl sites for hydroxylation is 1. The SMILES string of the molecule is CCc1nnc(NC(=O)CN2CCCCCC2=O)s1. The molecule has 0 radical (unpaired) electrons. The van der Waals surface area contributed by atoms with E-state index in [1.54, 1.807) is 4.90 Å². The van der Waals surface area contributed by atoms with Crippen LogP contribution in [0.25, 0.3) is 0 Å². The van der Waals surface area contributed by atoms with Crippen LogP contribution in [0.15, 0.2) is 0 Å². The lowest BCUT2D eigenvalue weighted by Crippen LogP contribution is -2.37. The zero-order valence-electron chi connectivity index (χ0n) is 11.0. The summed E-state index contributed by atoms with van der Waals surface area (Å²) in [5, 5.41) is 11.9. The van der Waals surface area contributed by atoms with Gasteiger partial charge >= 0.3 is 0 Å². The van der Waals surface area contributed by atoms with E-state index >= 15 is 0 Å². The lowest BCUT2D eigenvalue weighted by atomic mass is 10.2. The summed E-state index contributed by atoms with van der Waals surface area (Å²) in [5.41, 5.74) is 0. The van der Waals surface area contributed by atoms with Crippen LogP contribution < -0.4 is 5.32 Å². The van der Waals surface area contributed by atoms with E-state index in [1.807, 2.05) is 6.92 Å². The summed E-state index contributed by atoms with van der Waals surface area (Å²) >= 11 is 1.37. The van der Waals surface area contributed by atoms with Gasteiger partial charge in [-0.25, -0.2) is 0 Å². The number of anilines is 1. The van der Waals surface area contributed by atoms with Gasteiger partial charge in [-0.15, -0.1) is 10.2 Å². The fraction of sp³-hybridized carbons (Fsp3) is 0.667. The molecule has 1 saturated heterocycles. The zero-order chi connectivity index (χ0) is 13.7. The summed E-state index contributed by atoms with van der Waals surface area (Å²) < 4.78 is 0. The van der Waals surface area contributed by atoms with Crippen LogP contribution in [0.2, 0.25) is 0 Å². The lowest BCUT2D eigenvalue weighted by molar-refractivity contribution is -0.134. The summed E-state index contributed by atoms with van der Waals surface area (Å²) in [6.45, 7) is 2.77. The Bertz CT molecular complexity index is 460. The highest BCUT2D eigenvalue weighted by Crippen LogP contribution is 2.16. The first-order chi connectivity index (χ1) is 9.19. The maximum atomic E-state index is 11.9. The largest absolute Gasteiger partial charge is 0.333 e. The fourth-order valence-electron chi connectivity index (χ4n) is 1.98. The van der Waals surface area contributed by atoms with Crippen molar-refractivity contribution in [3.8, 4) is 0 Å². The molecule has 19 heavy (non-hydrogen) atoms. The number of nitrogens with one attached hydrogen (secondary N) is 1. The number of carbonyl (C=O) groups is 2. The first-order valence-electron chi connectivity index (χ1n) is 6.59. The van der Waals surface area contributed by atoms with Gasteiger partial charge in [0.15, 0.2) is 0 Å². The van der Waals surface area contributed by atoms with Crippen LogP contribution in [-0.2, 0) is 16.0 Å². The summed E-state index contributed by atoms with van der Waals surface area (Å²) in [7, 11) is 0. The van der Waals surface area contributed by atoms with Gasteiger partial charge in [0.25, 0.3) is 0 Å². The number of aromatic nitrogens is 2. The maximum Gasteiger partial charge on any atom is 0.245 e. The van der Waals surface area contributed by atoms with E-state index in [1.165, 1.54) is 11.3 Å². The van der Waals surface area contributed by atoms with Gasteiger partial charge in [-0.2, -0.15) is 0 Å². The molecule has 1 aromatic rings. The van der Waals surface area contributed by atoms with Crippen LogP contribution in [0.1, 0.15) is 37.6 Å². The first-order valence-corrected chi connectivity index (χ1v) is 7.40. The van der Waals surface area contributed by atoms with Crippen molar-refractivity contribution in [1.82, 2.24) is 15.1 Å². The van der Waals surface area contributed by atoms with E-state index in [-0.39, 0.29) is 18.4 Å². The first kappa shape index (κ1) is 13.9. The number of hydrogen-bond acceptors (Lipinski definition) is 5. The second kappa shape index (κ2) is 6.60. The van der Waals surface area contributed by atoms with E-state index in [9.17, 15) is 9.59 Å². The van der Waals surface area contributed by atoms with Crippen LogP contribution in [0.4, 0.5) is 5.13 Å². The van der Waals surface area contributed by atoms with E-state index in [0.717, 1.165) is 30.7 Å². The van der Waals surface area contributed by atoms with Crippen LogP contribution in [0, 0.1) is 0 Å². The third-order valence-corrected chi connectivity index (χ3v) is 4.00. The van der Waals surface area contributed by atoms with Crippen molar-refractivity contribution < 1.29 is 9.59 Å². The van der Waals surface area contributed by atoms with Gasteiger partial charge in [-0.1, -0.05) is 24.7 Å². The Kier molecular flexibility index (Phi) is 4.84. The summed E-state index contributed by atoms with van der Waals surface area (Å²) in [5.74, 6) is -0.131. The van der Waals surface area contributed by atoms with Crippen molar-refractivity contribution in [2.75, 3.05) is 18.4 Å². The smallest absolute Gasteiger partial charge is 0.245 e. The second-order valence-corrected chi connectivity index (χ2v) is 5.59. The molecule has 0 spiro atoms. The van der Waals surface area contributed by atoms with Crippen LogP contribution >= 0.6 is 11.3 Å². The van der Waals surface area contributed by atoms with Crippen LogP contribution in [0.3, 0.4) is 0 Å². The third-order valence-electron chi connectivity index (χ3n) is 3.02. The van der Waals surface area contributed by atoms with Crippen molar-refractivity contribution in [3.63, 3.8) is 0 Å². The molecule has 0 atom stereocenters. The molecule has 104 valence electrons.